The van der Waals surface area contributed by atoms with Crippen LogP contribution in [0, 0.1) is 0 Å². The van der Waals surface area contributed by atoms with Crippen LogP contribution in [0.5, 0.6) is 0 Å². The summed E-state index contributed by atoms with van der Waals surface area (Å²) < 4.78 is 0. The van der Waals surface area contributed by atoms with Crippen molar-refractivity contribution in [2.24, 2.45) is 0 Å². The van der Waals surface area contributed by atoms with Gasteiger partial charge in [0, 0.05) is 0 Å². The van der Waals surface area contributed by atoms with Crippen LogP contribution in [-0.2, 0) is 21.1 Å². The summed E-state index contributed by atoms with van der Waals surface area (Å²) in [6.07, 6.45) is 0. The minimum atomic E-state index is 0. The maximum atomic E-state index is 3.50. The third kappa shape index (κ3) is 17.1. The van der Waals surface area contributed by atoms with Crippen molar-refractivity contribution in [3.05, 3.63) is 5.32 Å². The molecular weight excluding hydrogens is 222 g/mol. The fraction of sp³-hybridized carbons (Fsp3) is 1.00. The second kappa shape index (κ2) is 9.42. The van der Waals surface area contributed by atoms with Crippen LogP contribution in [0.15, 0.2) is 0 Å². The summed E-state index contributed by atoms with van der Waals surface area (Å²) >= 11 is 0. The zero-order valence-electron chi connectivity index (χ0n) is 2.86. The van der Waals surface area contributed by atoms with Crippen molar-refractivity contribution in [1.82, 2.24) is 0 Å². The molecule has 4 heavy (non-hydrogen) atoms. The molecule has 0 bridgehead atoms. The number of hydrogen-bond donors (Lipinski definition) is 0. The number of hydrogen-bond acceptors (Lipinski definition) is 0. The average molecular weight is 228 g/mol. The van der Waals surface area contributed by atoms with Crippen LogP contribution in [0.2, 0.25) is 0 Å². The van der Waals surface area contributed by atoms with Gasteiger partial charge in [-0.25, -0.2) is 0 Å². The van der Waals surface area contributed by atoms with Gasteiger partial charge in [0.15, 0.2) is 0 Å². The van der Waals surface area contributed by atoms with Gasteiger partial charge in [-0.1, -0.05) is 0 Å². The first-order valence-electron chi connectivity index (χ1n) is 0.894. The summed E-state index contributed by atoms with van der Waals surface area (Å²) in [7, 11) is 3.50. The van der Waals surface area contributed by atoms with E-state index in [9.17, 15) is 0 Å². The molecule has 0 saturated carbocycles. The van der Waals surface area contributed by atoms with Gasteiger partial charge in [0.1, 0.15) is 0 Å². The normalized spacial score (nSPS) is 4.50. The van der Waals surface area contributed by atoms with Crippen LogP contribution >= 0.6 is 0 Å². The maximum Gasteiger partial charge on any atom is 2.00 e. The molecule has 0 rings (SSSR count). The molecule has 0 aliphatic carbocycles. The van der Waals surface area contributed by atoms with Crippen LogP contribution in [-0.4, -0.2) is 14.1 Å². The van der Waals surface area contributed by atoms with Gasteiger partial charge in [-0.05, 0) is 0 Å². The minimum absolute atomic E-state index is 0. The van der Waals surface area contributed by atoms with Crippen molar-refractivity contribution in [3.8, 4) is 0 Å². The monoisotopic (exact) mass is 228 g/mol. The van der Waals surface area contributed by atoms with E-state index in [0.29, 0.717) is 0 Å². The molecule has 0 fully saturated rings. The van der Waals surface area contributed by atoms with E-state index in [1.54, 1.807) is 14.1 Å². The molecular formula is C2H6NW+. The van der Waals surface area contributed by atoms with Crippen LogP contribution in [0.25, 0.3) is 5.32 Å². The molecule has 0 aromatic carbocycles. The Morgan fingerprint density at radius 3 is 1.25 bits per heavy atom. The van der Waals surface area contributed by atoms with E-state index in [2.05, 4.69) is 5.32 Å². The Balaban J connectivity index is 0. The van der Waals surface area contributed by atoms with Gasteiger partial charge >= 0.3 is 21.1 Å². The standard InChI is InChI=1S/C2H6N.W/c1-3-2;/h1-2H3;/q-1;+2. The smallest absolute Gasteiger partial charge is 0.668 e. The van der Waals surface area contributed by atoms with Crippen LogP contribution in [0.4, 0.5) is 0 Å². The number of rotatable bonds is 0. The Hall–Kier alpha value is 0.648. The molecule has 0 unspecified atom stereocenters. The maximum absolute atomic E-state index is 3.50. The molecule has 0 amide bonds. The summed E-state index contributed by atoms with van der Waals surface area (Å²) in [4.78, 5) is 0. The summed E-state index contributed by atoms with van der Waals surface area (Å²) in [5, 5.41) is 3.50. The van der Waals surface area contributed by atoms with E-state index in [0.717, 1.165) is 0 Å². The van der Waals surface area contributed by atoms with Gasteiger partial charge in [0.2, 0.25) is 0 Å². The van der Waals surface area contributed by atoms with Crippen molar-refractivity contribution in [2.75, 3.05) is 14.1 Å². The Kier molecular flexibility index (Phi) is 20.8. The molecule has 24 valence electrons. The first-order chi connectivity index (χ1) is 1.41. The SMILES string of the molecule is C[N-]C.[W+2]. The third-order valence-corrected chi connectivity index (χ3v) is 0. The topological polar surface area (TPSA) is 14.1 Å². The molecule has 0 saturated heterocycles. The summed E-state index contributed by atoms with van der Waals surface area (Å²) in [6, 6.07) is 0. The van der Waals surface area contributed by atoms with E-state index in [1.807, 2.05) is 0 Å². The molecule has 0 aromatic rings. The van der Waals surface area contributed by atoms with Crippen molar-refractivity contribution in [1.29, 1.82) is 0 Å². The first-order valence-corrected chi connectivity index (χ1v) is 0.894. The second-order valence-corrected chi connectivity index (χ2v) is 0.447. The summed E-state index contributed by atoms with van der Waals surface area (Å²) in [5.41, 5.74) is 0. The molecule has 1 nitrogen and oxygen atoms in total. The van der Waals surface area contributed by atoms with E-state index in [1.165, 1.54) is 0 Å². The molecule has 0 atom stereocenters. The Bertz CT molecular complexity index is 6.00. The van der Waals surface area contributed by atoms with Crippen molar-refractivity contribution >= 4 is 0 Å². The Morgan fingerprint density at radius 2 is 1.25 bits per heavy atom. The van der Waals surface area contributed by atoms with Gasteiger partial charge in [0.25, 0.3) is 0 Å². The molecule has 0 aliphatic rings. The minimum Gasteiger partial charge on any atom is -0.668 e. The fourth-order valence-corrected chi connectivity index (χ4v) is 0. The van der Waals surface area contributed by atoms with Crippen molar-refractivity contribution in [3.63, 3.8) is 0 Å². The quantitative estimate of drug-likeness (QED) is 0.576. The van der Waals surface area contributed by atoms with Crippen molar-refractivity contribution < 1.29 is 21.1 Å². The van der Waals surface area contributed by atoms with Crippen LogP contribution in [0.3, 0.4) is 0 Å². The molecule has 0 spiro atoms. The van der Waals surface area contributed by atoms with Gasteiger partial charge < -0.3 is 5.32 Å². The van der Waals surface area contributed by atoms with Crippen LogP contribution in [0.1, 0.15) is 0 Å². The van der Waals surface area contributed by atoms with Gasteiger partial charge in [-0.3, -0.25) is 0 Å². The predicted molar refractivity (Wildman–Crippen MR) is 15.2 cm³/mol. The van der Waals surface area contributed by atoms with E-state index in [-0.39, 0.29) is 21.1 Å². The average Bonchev–Trinajstić information content (AvgIpc) is 0.918. The zero-order valence-corrected chi connectivity index (χ0v) is 5.79. The first kappa shape index (κ1) is 8.82. The van der Waals surface area contributed by atoms with Crippen LogP contribution < -0.4 is 0 Å². The number of nitrogens with zero attached hydrogens (tertiary/aromatic N) is 1. The Morgan fingerprint density at radius 1 is 1.25 bits per heavy atom. The van der Waals surface area contributed by atoms with Gasteiger partial charge in [-0.2, -0.15) is 14.1 Å². The summed E-state index contributed by atoms with van der Waals surface area (Å²) in [6.45, 7) is 0. The zero-order chi connectivity index (χ0) is 2.71. The van der Waals surface area contributed by atoms with Gasteiger partial charge in [-0.15, -0.1) is 0 Å². The predicted octanol–water partition coefficient (Wildman–Crippen LogP) is 0.617. The molecule has 0 N–H and O–H groups in total. The largest absolute Gasteiger partial charge is 2.00 e. The third-order valence-electron chi connectivity index (χ3n) is 0. The molecule has 0 heterocycles. The van der Waals surface area contributed by atoms with Crippen molar-refractivity contribution in [2.45, 2.75) is 0 Å². The van der Waals surface area contributed by atoms with E-state index >= 15 is 0 Å². The van der Waals surface area contributed by atoms with E-state index in [4.69, 9.17) is 0 Å². The molecule has 0 aliphatic heterocycles. The summed E-state index contributed by atoms with van der Waals surface area (Å²) in [5.74, 6) is 0. The van der Waals surface area contributed by atoms with Gasteiger partial charge in [0.05, 0.1) is 0 Å². The van der Waals surface area contributed by atoms with E-state index < -0.39 is 0 Å². The fourth-order valence-electron chi connectivity index (χ4n) is 0. The second-order valence-electron chi connectivity index (χ2n) is 0.447. The molecule has 2 heteroatoms. The Labute approximate surface area is 41.0 Å². The molecule has 0 radical (unpaired) electrons. The molecule has 0 aromatic heterocycles.